The second-order valence-corrected chi connectivity index (χ2v) is 9.09. The van der Waals surface area contributed by atoms with Crippen molar-refractivity contribution in [1.29, 1.82) is 0 Å². The molecule has 4 aromatic rings. The minimum absolute atomic E-state index is 0.122. The van der Waals surface area contributed by atoms with Crippen molar-refractivity contribution in [3.8, 4) is 22.7 Å². The number of carbonyl (C=O) groups excluding carboxylic acids is 2. The maximum atomic E-state index is 13.4. The molecule has 0 bridgehead atoms. The highest BCUT2D eigenvalue weighted by Gasteiger charge is 2.25. The fraction of sp³-hybridized carbons (Fsp3) is 0.280. The number of amides is 2. The highest BCUT2D eigenvalue weighted by Crippen LogP contribution is 2.31. The average Bonchev–Trinajstić information content (AvgIpc) is 3.65. The third-order valence-corrected chi connectivity index (χ3v) is 6.81. The van der Waals surface area contributed by atoms with Crippen molar-refractivity contribution in [3.05, 3.63) is 65.8 Å². The number of carbonyl (C=O) groups is 2. The van der Waals surface area contributed by atoms with Crippen LogP contribution < -0.4 is 4.90 Å². The summed E-state index contributed by atoms with van der Waals surface area (Å²) in [5.74, 6) is 0.621. The average molecular weight is 476 g/mol. The van der Waals surface area contributed by atoms with E-state index in [1.165, 1.54) is 11.3 Å². The molecule has 0 N–H and O–H groups in total. The molecule has 8 nitrogen and oxygen atoms in total. The summed E-state index contributed by atoms with van der Waals surface area (Å²) in [7, 11) is 1.85. The van der Waals surface area contributed by atoms with Gasteiger partial charge in [0.2, 0.25) is 5.91 Å². The van der Waals surface area contributed by atoms with E-state index in [0.29, 0.717) is 48.2 Å². The van der Waals surface area contributed by atoms with Crippen LogP contribution in [0, 0.1) is 0 Å². The lowest BCUT2D eigenvalue weighted by Gasteiger charge is -2.22. The van der Waals surface area contributed by atoms with Gasteiger partial charge in [0.15, 0.2) is 10.9 Å². The van der Waals surface area contributed by atoms with Crippen LogP contribution in [0.15, 0.2) is 64.6 Å². The summed E-state index contributed by atoms with van der Waals surface area (Å²) in [5, 5.41) is 6.64. The first-order chi connectivity index (χ1) is 16.6. The Labute approximate surface area is 201 Å². The molecule has 1 aliphatic heterocycles. The number of likely N-dealkylation sites (tertiary alicyclic amines) is 1. The Balaban J connectivity index is 1.37. The summed E-state index contributed by atoms with van der Waals surface area (Å²) in [6.07, 6.45) is 4.05. The van der Waals surface area contributed by atoms with Crippen molar-refractivity contribution in [3.63, 3.8) is 0 Å². The van der Waals surface area contributed by atoms with Gasteiger partial charge in [0.05, 0.1) is 0 Å². The van der Waals surface area contributed by atoms with Crippen LogP contribution >= 0.6 is 11.3 Å². The Morgan fingerprint density at radius 1 is 1.18 bits per heavy atom. The van der Waals surface area contributed by atoms with E-state index in [1.54, 1.807) is 15.5 Å². The van der Waals surface area contributed by atoms with E-state index in [1.807, 2.05) is 66.0 Å². The number of hydrogen-bond donors (Lipinski definition) is 0. The Kier molecular flexibility index (Phi) is 6.27. The van der Waals surface area contributed by atoms with Gasteiger partial charge in [0.1, 0.15) is 17.1 Å². The quantitative estimate of drug-likeness (QED) is 0.376. The molecule has 5 rings (SSSR count). The molecule has 9 heteroatoms. The lowest BCUT2D eigenvalue weighted by Crippen LogP contribution is -2.35. The van der Waals surface area contributed by atoms with Gasteiger partial charge >= 0.3 is 0 Å². The number of aryl methyl sites for hydroxylation is 1. The molecule has 0 unspecified atom stereocenters. The summed E-state index contributed by atoms with van der Waals surface area (Å²) < 4.78 is 7.35. The van der Waals surface area contributed by atoms with Crippen molar-refractivity contribution in [1.82, 2.24) is 19.6 Å². The van der Waals surface area contributed by atoms with Crippen molar-refractivity contribution >= 4 is 28.3 Å². The molecule has 0 saturated carbocycles. The summed E-state index contributed by atoms with van der Waals surface area (Å²) >= 11 is 1.39. The fourth-order valence-electron chi connectivity index (χ4n) is 4.11. The summed E-state index contributed by atoms with van der Waals surface area (Å²) in [5.41, 5.74) is 2.91. The Bertz CT molecular complexity index is 1290. The van der Waals surface area contributed by atoms with Crippen LogP contribution in [0.1, 0.15) is 29.8 Å². The molecule has 1 saturated heterocycles. The first-order valence-electron chi connectivity index (χ1n) is 11.3. The van der Waals surface area contributed by atoms with Gasteiger partial charge in [-0.25, -0.2) is 4.98 Å². The van der Waals surface area contributed by atoms with E-state index >= 15 is 0 Å². The molecule has 4 heterocycles. The van der Waals surface area contributed by atoms with Gasteiger partial charge in [-0.3, -0.25) is 14.5 Å². The van der Waals surface area contributed by atoms with Crippen molar-refractivity contribution < 1.29 is 14.1 Å². The molecule has 1 fully saturated rings. The van der Waals surface area contributed by atoms with E-state index in [0.717, 1.165) is 24.2 Å². The molecule has 1 aromatic carbocycles. The molecule has 2 amide bonds. The summed E-state index contributed by atoms with van der Waals surface area (Å²) in [6.45, 7) is 1.89. The number of aromatic nitrogens is 3. The number of nitrogens with zero attached hydrogens (tertiary/aromatic N) is 5. The smallest absolute Gasteiger partial charge is 0.276 e. The molecule has 0 spiro atoms. The standard InChI is InChI=1S/C25H25N5O3S/c1-28-12-5-10-21(28)24(32)30(15-7-14-29-13-6-11-23(29)31)25-26-20(17-34-25)22-16-19(27-33-22)18-8-3-2-4-9-18/h2-5,8-10,12,16-17H,6-7,11,13-15H2,1H3. The zero-order chi connectivity index (χ0) is 23.5. The number of anilines is 1. The molecular weight excluding hydrogens is 450 g/mol. The van der Waals surface area contributed by atoms with Crippen LogP contribution in [0.3, 0.4) is 0 Å². The predicted molar refractivity (Wildman–Crippen MR) is 131 cm³/mol. The summed E-state index contributed by atoms with van der Waals surface area (Å²) in [6, 6.07) is 15.3. The first kappa shape index (κ1) is 22.1. The van der Waals surface area contributed by atoms with E-state index < -0.39 is 0 Å². The van der Waals surface area contributed by atoms with Gasteiger partial charge in [-0.1, -0.05) is 35.5 Å². The molecule has 0 atom stereocenters. The topological polar surface area (TPSA) is 84.5 Å². The third kappa shape index (κ3) is 4.51. The van der Waals surface area contributed by atoms with Crippen LogP contribution in [0.2, 0.25) is 0 Å². The SMILES string of the molecule is Cn1cccc1C(=O)N(CCCN1CCCC1=O)c1nc(-c2cc(-c3ccccc3)no2)cs1. The van der Waals surface area contributed by atoms with Gasteiger partial charge in [0, 0.05) is 56.3 Å². The second-order valence-electron chi connectivity index (χ2n) is 8.26. The van der Waals surface area contributed by atoms with Crippen LogP contribution in [0.25, 0.3) is 22.7 Å². The minimum Gasteiger partial charge on any atom is -0.354 e. The van der Waals surface area contributed by atoms with E-state index in [2.05, 4.69) is 5.16 Å². The third-order valence-electron chi connectivity index (χ3n) is 5.94. The Hall–Kier alpha value is -3.72. The van der Waals surface area contributed by atoms with E-state index in [-0.39, 0.29) is 11.8 Å². The normalized spacial score (nSPS) is 13.6. The maximum Gasteiger partial charge on any atom is 0.276 e. The first-order valence-corrected chi connectivity index (χ1v) is 12.2. The van der Waals surface area contributed by atoms with Crippen molar-refractivity contribution in [2.24, 2.45) is 7.05 Å². The lowest BCUT2D eigenvalue weighted by molar-refractivity contribution is -0.127. The largest absolute Gasteiger partial charge is 0.354 e. The van der Waals surface area contributed by atoms with Crippen molar-refractivity contribution in [2.45, 2.75) is 19.3 Å². The minimum atomic E-state index is -0.122. The number of thiazole rings is 1. The van der Waals surface area contributed by atoms with Gasteiger partial charge in [-0.05, 0) is 25.0 Å². The van der Waals surface area contributed by atoms with Crippen LogP contribution in [0.4, 0.5) is 5.13 Å². The van der Waals surface area contributed by atoms with Crippen LogP contribution in [-0.4, -0.2) is 51.1 Å². The molecule has 1 aliphatic rings. The van der Waals surface area contributed by atoms with Gasteiger partial charge in [-0.2, -0.15) is 0 Å². The maximum absolute atomic E-state index is 13.4. The van der Waals surface area contributed by atoms with E-state index in [9.17, 15) is 9.59 Å². The zero-order valence-corrected chi connectivity index (χ0v) is 19.7. The predicted octanol–water partition coefficient (Wildman–Crippen LogP) is 4.46. The van der Waals surface area contributed by atoms with Crippen molar-refractivity contribution in [2.75, 3.05) is 24.5 Å². The van der Waals surface area contributed by atoms with Gasteiger partial charge in [0.25, 0.3) is 5.91 Å². The molecule has 34 heavy (non-hydrogen) atoms. The lowest BCUT2D eigenvalue weighted by atomic mass is 10.1. The number of rotatable bonds is 8. The van der Waals surface area contributed by atoms with Gasteiger partial charge in [-0.15, -0.1) is 11.3 Å². The number of hydrogen-bond acceptors (Lipinski definition) is 6. The Morgan fingerprint density at radius 3 is 2.76 bits per heavy atom. The second kappa shape index (κ2) is 9.64. The monoisotopic (exact) mass is 475 g/mol. The molecule has 3 aromatic heterocycles. The van der Waals surface area contributed by atoms with Gasteiger partial charge < -0.3 is 14.0 Å². The molecule has 174 valence electrons. The molecule has 0 aliphatic carbocycles. The summed E-state index contributed by atoms with van der Waals surface area (Å²) in [4.78, 5) is 33.7. The molecular formula is C25H25N5O3S. The fourth-order valence-corrected chi connectivity index (χ4v) is 4.95. The van der Waals surface area contributed by atoms with Crippen LogP contribution in [-0.2, 0) is 11.8 Å². The zero-order valence-electron chi connectivity index (χ0n) is 18.9. The molecule has 0 radical (unpaired) electrons. The number of benzene rings is 1. The van der Waals surface area contributed by atoms with E-state index in [4.69, 9.17) is 9.51 Å². The highest BCUT2D eigenvalue weighted by molar-refractivity contribution is 7.14. The van der Waals surface area contributed by atoms with Crippen LogP contribution in [0.5, 0.6) is 0 Å². The highest BCUT2D eigenvalue weighted by atomic mass is 32.1. The Morgan fingerprint density at radius 2 is 2.03 bits per heavy atom.